The fourth-order valence-electron chi connectivity index (χ4n) is 2.46. The molecule has 0 unspecified atom stereocenters. The van der Waals surface area contributed by atoms with Gasteiger partial charge in [0.2, 0.25) is 0 Å². The van der Waals surface area contributed by atoms with E-state index in [9.17, 15) is 14.4 Å². The van der Waals surface area contributed by atoms with Gasteiger partial charge in [-0.15, -0.1) is 0 Å². The Morgan fingerprint density at radius 1 is 1.00 bits per heavy atom. The van der Waals surface area contributed by atoms with E-state index in [0.717, 1.165) is 0 Å². The highest BCUT2D eigenvalue weighted by molar-refractivity contribution is 6.04. The number of rotatable bonds is 9. The van der Waals surface area contributed by atoms with Gasteiger partial charge in [0.1, 0.15) is 5.75 Å². The van der Waals surface area contributed by atoms with Crippen LogP contribution < -0.4 is 25.3 Å². The van der Waals surface area contributed by atoms with Gasteiger partial charge in [0.15, 0.2) is 23.9 Å². The molecule has 8 heteroatoms. The largest absolute Gasteiger partial charge is 0.493 e. The molecule has 0 radical (unpaired) electrons. The van der Waals surface area contributed by atoms with Crippen LogP contribution >= 0.6 is 0 Å². The summed E-state index contributed by atoms with van der Waals surface area (Å²) in [4.78, 5) is 35.5. The van der Waals surface area contributed by atoms with E-state index in [0.29, 0.717) is 29.2 Å². The molecule has 0 heterocycles. The molecule has 28 heavy (non-hydrogen) atoms. The van der Waals surface area contributed by atoms with Crippen LogP contribution in [0, 0.1) is 0 Å². The second-order valence-corrected chi connectivity index (χ2v) is 5.75. The van der Waals surface area contributed by atoms with Gasteiger partial charge in [0.25, 0.3) is 11.8 Å². The molecule has 0 aromatic heterocycles. The van der Waals surface area contributed by atoms with Crippen LogP contribution in [-0.4, -0.2) is 38.4 Å². The summed E-state index contributed by atoms with van der Waals surface area (Å²) >= 11 is 0. The monoisotopic (exact) mass is 386 g/mol. The van der Waals surface area contributed by atoms with E-state index in [2.05, 4.69) is 5.32 Å². The maximum absolute atomic E-state index is 12.2. The average Bonchev–Trinajstić information content (AvgIpc) is 2.71. The van der Waals surface area contributed by atoms with Crippen molar-refractivity contribution in [2.75, 3.05) is 26.1 Å². The lowest BCUT2D eigenvalue weighted by atomic mass is 10.1. The molecule has 0 bridgehead atoms. The molecular weight excluding hydrogens is 364 g/mol. The number of nitrogens with two attached hydrogens (primary N) is 1. The molecular formula is C20H22N2O6. The van der Waals surface area contributed by atoms with Gasteiger partial charge in [-0.1, -0.05) is 6.92 Å². The first-order valence-electron chi connectivity index (χ1n) is 8.51. The van der Waals surface area contributed by atoms with Crippen molar-refractivity contribution in [1.82, 2.24) is 0 Å². The van der Waals surface area contributed by atoms with Crippen molar-refractivity contribution in [3.63, 3.8) is 0 Å². The first-order chi connectivity index (χ1) is 13.4. The molecule has 2 aromatic carbocycles. The maximum atomic E-state index is 12.2. The van der Waals surface area contributed by atoms with Crippen LogP contribution in [0.5, 0.6) is 17.2 Å². The van der Waals surface area contributed by atoms with Crippen LogP contribution in [0.3, 0.4) is 0 Å². The summed E-state index contributed by atoms with van der Waals surface area (Å²) in [5.41, 5.74) is 6.21. The van der Waals surface area contributed by atoms with Crippen LogP contribution in [-0.2, 0) is 4.79 Å². The molecule has 0 aliphatic carbocycles. The van der Waals surface area contributed by atoms with E-state index in [1.807, 2.05) is 0 Å². The van der Waals surface area contributed by atoms with Crippen LogP contribution in [0.25, 0.3) is 0 Å². The van der Waals surface area contributed by atoms with Gasteiger partial charge in [-0.25, -0.2) is 0 Å². The van der Waals surface area contributed by atoms with E-state index in [1.165, 1.54) is 26.4 Å². The number of benzene rings is 2. The second kappa shape index (κ2) is 9.40. The van der Waals surface area contributed by atoms with Gasteiger partial charge in [-0.3, -0.25) is 14.4 Å². The van der Waals surface area contributed by atoms with Crippen molar-refractivity contribution >= 4 is 23.3 Å². The molecule has 0 aliphatic rings. The van der Waals surface area contributed by atoms with Crippen molar-refractivity contribution < 1.29 is 28.6 Å². The van der Waals surface area contributed by atoms with Crippen molar-refractivity contribution in [3.8, 4) is 17.2 Å². The summed E-state index contributed by atoms with van der Waals surface area (Å²) in [6.07, 6.45) is 0.413. The Labute approximate surface area is 162 Å². The van der Waals surface area contributed by atoms with Crippen LogP contribution in [0.4, 0.5) is 5.69 Å². The molecule has 148 valence electrons. The average molecular weight is 386 g/mol. The van der Waals surface area contributed by atoms with Gasteiger partial charge in [-0.05, 0) is 30.3 Å². The molecule has 0 saturated carbocycles. The number of ether oxygens (including phenoxy) is 3. The summed E-state index contributed by atoms with van der Waals surface area (Å²) in [6, 6.07) is 9.34. The standard InChI is InChI=1S/C20H22N2O6/c1-4-16(23)12-5-7-13(8-6-12)28-11-19(24)22-15-10-18(27-3)17(26-2)9-14(15)20(21)25/h5-10H,4,11H2,1-3H3,(H2,21,25)(H,22,24). The molecule has 2 aromatic rings. The number of nitrogens with one attached hydrogen (secondary N) is 1. The van der Waals surface area contributed by atoms with Gasteiger partial charge in [0, 0.05) is 18.1 Å². The van der Waals surface area contributed by atoms with Crippen LogP contribution in [0.15, 0.2) is 36.4 Å². The molecule has 3 N–H and O–H groups in total. The molecule has 0 spiro atoms. The number of ketones is 1. The summed E-state index contributed by atoms with van der Waals surface area (Å²) in [6.45, 7) is 1.49. The maximum Gasteiger partial charge on any atom is 0.262 e. The van der Waals surface area contributed by atoms with Crippen molar-refractivity contribution in [1.29, 1.82) is 0 Å². The van der Waals surface area contributed by atoms with Gasteiger partial charge < -0.3 is 25.3 Å². The Hall–Kier alpha value is -3.55. The third-order valence-electron chi connectivity index (χ3n) is 3.93. The predicted molar refractivity (Wildman–Crippen MR) is 103 cm³/mol. The number of primary amides is 1. The van der Waals surface area contributed by atoms with E-state index in [1.54, 1.807) is 31.2 Å². The Bertz CT molecular complexity index is 877. The minimum absolute atomic E-state index is 0.0247. The van der Waals surface area contributed by atoms with E-state index in [-0.39, 0.29) is 23.6 Å². The third kappa shape index (κ3) is 5.00. The summed E-state index contributed by atoms with van der Waals surface area (Å²) in [5, 5.41) is 2.57. The molecule has 2 rings (SSSR count). The summed E-state index contributed by atoms with van der Waals surface area (Å²) in [5.74, 6) is -0.120. The van der Waals surface area contributed by atoms with Crippen LogP contribution in [0.1, 0.15) is 34.1 Å². The SMILES string of the molecule is CCC(=O)c1ccc(OCC(=O)Nc2cc(OC)c(OC)cc2C(N)=O)cc1. The summed E-state index contributed by atoms with van der Waals surface area (Å²) < 4.78 is 15.7. The van der Waals surface area contributed by atoms with Gasteiger partial charge in [0.05, 0.1) is 25.5 Å². The minimum Gasteiger partial charge on any atom is -0.493 e. The zero-order valence-electron chi connectivity index (χ0n) is 15.9. The fourth-order valence-corrected chi connectivity index (χ4v) is 2.46. The number of hydrogen-bond donors (Lipinski definition) is 2. The number of Topliss-reactive ketones (excluding diaryl/α,β-unsaturated/α-hetero) is 1. The normalized spacial score (nSPS) is 10.1. The van der Waals surface area contributed by atoms with Crippen molar-refractivity contribution in [3.05, 3.63) is 47.5 Å². The smallest absolute Gasteiger partial charge is 0.262 e. The topological polar surface area (TPSA) is 117 Å². The first-order valence-corrected chi connectivity index (χ1v) is 8.51. The number of carbonyl (C=O) groups is 3. The number of methoxy groups -OCH3 is 2. The Morgan fingerprint density at radius 2 is 1.61 bits per heavy atom. The minimum atomic E-state index is -0.728. The molecule has 2 amide bonds. The van der Waals surface area contributed by atoms with Crippen molar-refractivity contribution in [2.24, 2.45) is 5.73 Å². The molecule has 0 atom stereocenters. The van der Waals surface area contributed by atoms with Crippen molar-refractivity contribution in [2.45, 2.75) is 13.3 Å². The van der Waals surface area contributed by atoms with E-state index < -0.39 is 11.8 Å². The predicted octanol–water partition coefficient (Wildman–Crippen LogP) is 2.41. The Morgan fingerprint density at radius 3 is 2.14 bits per heavy atom. The molecule has 8 nitrogen and oxygen atoms in total. The lowest BCUT2D eigenvalue weighted by Gasteiger charge is -2.14. The summed E-state index contributed by atoms with van der Waals surface area (Å²) in [7, 11) is 2.86. The van der Waals surface area contributed by atoms with Crippen LogP contribution in [0.2, 0.25) is 0 Å². The first kappa shape index (κ1) is 20.8. The highest BCUT2D eigenvalue weighted by Gasteiger charge is 2.17. The lowest BCUT2D eigenvalue weighted by molar-refractivity contribution is -0.118. The number of anilines is 1. The Balaban J connectivity index is 2.08. The zero-order valence-corrected chi connectivity index (χ0v) is 15.9. The second-order valence-electron chi connectivity index (χ2n) is 5.75. The zero-order chi connectivity index (χ0) is 20.7. The van der Waals surface area contributed by atoms with E-state index in [4.69, 9.17) is 19.9 Å². The lowest BCUT2D eigenvalue weighted by Crippen LogP contribution is -2.23. The number of amides is 2. The van der Waals surface area contributed by atoms with E-state index >= 15 is 0 Å². The fraction of sp³-hybridized carbons (Fsp3) is 0.250. The van der Waals surface area contributed by atoms with Gasteiger partial charge >= 0.3 is 0 Å². The highest BCUT2D eigenvalue weighted by atomic mass is 16.5. The number of hydrogen-bond acceptors (Lipinski definition) is 6. The molecule has 0 saturated heterocycles. The number of carbonyl (C=O) groups excluding carboxylic acids is 3. The molecule has 0 aliphatic heterocycles. The quantitative estimate of drug-likeness (QED) is 0.639. The third-order valence-corrected chi connectivity index (χ3v) is 3.93. The highest BCUT2D eigenvalue weighted by Crippen LogP contribution is 2.33. The van der Waals surface area contributed by atoms with Gasteiger partial charge in [-0.2, -0.15) is 0 Å². The Kier molecular flexibility index (Phi) is 6.97. The molecule has 0 fully saturated rings.